The van der Waals surface area contributed by atoms with E-state index in [4.69, 9.17) is 11.6 Å². The van der Waals surface area contributed by atoms with Gasteiger partial charge in [-0.3, -0.25) is 13.9 Å². The number of nitrogens with zero attached hydrogens (tertiary/aromatic N) is 2. The van der Waals surface area contributed by atoms with Crippen molar-refractivity contribution < 1.29 is 18.0 Å². The molecule has 0 heterocycles. The molecule has 2 aromatic rings. The van der Waals surface area contributed by atoms with Crippen LogP contribution < -0.4 is 9.62 Å². The molecule has 1 unspecified atom stereocenters. The first-order chi connectivity index (χ1) is 14.6. The summed E-state index contributed by atoms with van der Waals surface area (Å²) in [5.74, 6) is -0.790. The molecule has 2 rings (SSSR count). The molecule has 0 radical (unpaired) electrons. The summed E-state index contributed by atoms with van der Waals surface area (Å²) in [5, 5.41) is 2.95. The minimum atomic E-state index is -3.78. The smallest absolute Gasteiger partial charge is 0.244 e. The lowest BCUT2D eigenvalue weighted by Gasteiger charge is -2.33. The van der Waals surface area contributed by atoms with E-state index < -0.39 is 28.5 Å². The summed E-state index contributed by atoms with van der Waals surface area (Å²) < 4.78 is 26.0. The number of carbonyl (C=O) groups excluding carboxylic acids is 2. The summed E-state index contributed by atoms with van der Waals surface area (Å²) in [6.45, 7) is 3.47. The molecule has 0 bridgehead atoms. The Kier molecular flexibility index (Phi) is 8.47. The van der Waals surface area contributed by atoms with Crippen LogP contribution in [-0.2, 0) is 26.2 Å². The van der Waals surface area contributed by atoms with Gasteiger partial charge in [-0.15, -0.1) is 0 Å². The number of hydrogen-bond acceptors (Lipinski definition) is 4. The molecule has 9 heteroatoms. The van der Waals surface area contributed by atoms with Crippen molar-refractivity contribution in [1.29, 1.82) is 0 Å². The van der Waals surface area contributed by atoms with Crippen molar-refractivity contribution in [3.63, 3.8) is 0 Å². The van der Waals surface area contributed by atoms with Crippen molar-refractivity contribution >= 4 is 39.1 Å². The second kappa shape index (κ2) is 10.6. The normalized spacial score (nSPS) is 12.2. The molecule has 0 saturated heterocycles. The number of rotatable bonds is 9. The predicted octanol–water partition coefficient (Wildman–Crippen LogP) is 2.97. The van der Waals surface area contributed by atoms with E-state index in [0.717, 1.165) is 21.7 Å². The van der Waals surface area contributed by atoms with Crippen LogP contribution in [0.5, 0.6) is 0 Å². The van der Waals surface area contributed by atoms with Crippen molar-refractivity contribution in [2.75, 3.05) is 24.2 Å². The Morgan fingerprint density at radius 1 is 1.13 bits per heavy atom. The molecule has 1 N–H and O–H groups in total. The quantitative estimate of drug-likeness (QED) is 0.616. The van der Waals surface area contributed by atoms with Crippen LogP contribution in [0.2, 0.25) is 5.02 Å². The van der Waals surface area contributed by atoms with Crippen LogP contribution in [0.1, 0.15) is 24.5 Å². The van der Waals surface area contributed by atoms with Crippen molar-refractivity contribution in [3.05, 3.63) is 64.7 Å². The van der Waals surface area contributed by atoms with Crippen LogP contribution in [0, 0.1) is 6.92 Å². The van der Waals surface area contributed by atoms with E-state index in [1.165, 1.54) is 18.0 Å². The maximum Gasteiger partial charge on any atom is 0.244 e. The maximum absolute atomic E-state index is 13.4. The van der Waals surface area contributed by atoms with Gasteiger partial charge in [-0.05, 0) is 42.7 Å². The molecule has 0 aliphatic heterocycles. The predicted molar refractivity (Wildman–Crippen MR) is 124 cm³/mol. The fourth-order valence-electron chi connectivity index (χ4n) is 3.30. The highest BCUT2D eigenvalue weighted by Crippen LogP contribution is 2.23. The second-order valence-corrected chi connectivity index (χ2v) is 9.58. The molecule has 2 aromatic carbocycles. The molecule has 0 aliphatic carbocycles. The number of benzene rings is 2. The zero-order valence-corrected chi connectivity index (χ0v) is 19.7. The van der Waals surface area contributed by atoms with Crippen molar-refractivity contribution in [2.45, 2.75) is 32.9 Å². The number of hydrogen-bond donors (Lipinski definition) is 1. The summed E-state index contributed by atoms with van der Waals surface area (Å²) in [6.07, 6.45) is 1.41. The fourth-order valence-corrected chi connectivity index (χ4v) is 4.33. The van der Waals surface area contributed by atoms with Crippen molar-refractivity contribution in [1.82, 2.24) is 10.2 Å². The highest BCUT2D eigenvalue weighted by molar-refractivity contribution is 7.92. The topological polar surface area (TPSA) is 86.8 Å². The van der Waals surface area contributed by atoms with Crippen LogP contribution in [0.15, 0.2) is 48.5 Å². The third-order valence-electron chi connectivity index (χ3n) is 5.01. The molecular formula is C22H28ClN3O4S. The number of sulfonamides is 1. The molecule has 2 amide bonds. The van der Waals surface area contributed by atoms with E-state index in [1.807, 2.05) is 38.1 Å². The van der Waals surface area contributed by atoms with Gasteiger partial charge in [-0.2, -0.15) is 0 Å². The SMILES string of the molecule is CCC(C(=O)NC)N(Cc1ccccc1C)C(=O)CN(c1cccc(Cl)c1)S(C)(=O)=O. The van der Waals surface area contributed by atoms with Gasteiger partial charge in [0.1, 0.15) is 12.6 Å². The lowest BCUT2D eigenvalue weighted by Crippen LogP contribution is -2.51. The van der Waals surface area contributed by atoms with E-state index in [-0.39, 0.29) is 18.1 Å². The molecule has 0 saturated carbocycles. The number of likely N-dealkylation sites (N-methyl/N-ethyl adjacent to an activating group) is 1. The molecule has 1 atom stereocenters. The molecule has 168 valence electrons. The largest absolute Gasteiger partial charge is 0.357 e. The summed E-state index contributed by atoms with van der Waals surface area (Å²) in [7, 11) is -2.27. The first-order valence-corrected chi connectivity index (χ1v) is 12.1. The van der Waals surface area contributed by atoms with Gasteiger partial charge < -0.3 is 10.2 Å². The molecular weight excluding hydrogens is 438 g/mol. The van der Waals surface area contributed by atoms with Crippen molar-refractivity contribution in [3.8, 4) is 0 Å². The standard InChI is InChI=1S/C22H28ClN3O4S/c1-5-20(22(28)24-3)25(14-17-10-7-6-9-16(17)2)21(27)15-26(31(4,29)30)19-12-8-11-18(23)13-19/h6-13,20H,5,14-15H2,1-4H3,(H,24,28). The Morgan fingerprint density at radius 2 is 1.81 bits per heavy atom. The Hall–Kier alpha value is -2.58. The van der Waals surface area contributed by atoms with E-state index >= 15 is 0 Å². The van der Waals surface area contributed by atoms with Gasteiger partial charge in [-0.25, -0.2) is 8.42 Å². The molecule has 0 aromatic heterocycles. The summed E-state index contributed by atoms with van der Waals surface area (Å²) in [5.41, 5.74) is 2.14. The number of halogens is 1. The van der Waals surface area contributed by atoms with Gasteiger partial charge in [0.25, 0.3) is 0 Å². The third kappa shape index (κ3) is 6.45. The van der Waals surface area contributed by atoms with E-state index in [2.05, 4.69) is 5.32 Å². The number of amides is 2. The van der Waals surface area contributed by atoms with Crippen LogP contribution in [0.3, 0.4) is 0 Å². The Morgan fingerprint density at radius 3 is 2.35 bits per heavy atom. The summed E-state index contributed by atoms with van der Waals surface area (Å²) >= 11 is 6.03. The number of aryl methyl sites for hydroxylation is 1. The highest BCUT2D eigenvalue weighted by atomic mass is 35.5. The molecule has 7 nitrogen and oxygen atoms in total. The third-order valence-corrected chi connectivity index (χ3v) is 6.39. The number of carbonyl (C=O) groups is 2. The van der Waals surface area contributed by atoms with E-state index in [1.54, 1.807) is 18.2 Å². The van der Waals surface area contributed by atoms with Gasteiger partial charge in [0, 0.05) is 18.6 Å². The second-order valence-electron chi connectivity index (χ2n) is 7.24. The van der Waals surface area contributed by atoms with Gasteiger partial charge in [-0.1, -0.05) is 48.9 Å². The average Bonchev–Trinajstić information content (AvgIpc) is 2.71. The Balaban J connectivity index is 2.44. The molecule has 0 spiro atoms. The number of nitrogens with one attached hydrogen (secondary N) is 1. The zero-order valence-electron chi connectivity index (χ0n) is 18.1. The van der Waals surface area contributed by atoms with Gasteiger partial charge in [0.05, 0.1) is 11.9 Å². The molecule has 31 heavy (non-hydrogen) atoms. The van der Waals surface area contributed by atoms with Gasteiger partial charge >= 0.3 is 0 Å². The van der Waals surface area contributed by atoms with Crippen LogP contribution in [0.25, 0.3) is 0 Å². The first-order valence-electron chi connectivity index (χ1n) is 9.87. The first kappa shape index (κ1) is 24.7. The van der Waals surface area contributed by atoms with Gasteiger partial charge in [0.2, 0.25) is 21.8 Å². The summed E-state index contributed by atoms with van der Waals surface area (Å²) in [4.78, 5) is 27.3. The minimum absolute atomic E-state index is 0.185. The van der Waals surface area contributed by atoms with Crippen LogP contribution in [0.4, 0.5) is 5.69 Å². The molecule has 0 fully saturated rings. The fraction of sp³-hybridized carbons (Fsp3) is 0.364. The lowest BCUT2D eigenvalue weighted by atomic mass is 10.1. The molecule has 0 aliphatic rings. The minimum Gasteiger partial charge on any atom is -0.357 e. The van der Waals surface area contributed by atoms with Gasteiger partial charge in [0.15, 0.2) is 0 Å². The van der Waals surface area contributed by atoms with E-state index in [0.29, 0.717) is 11.4 Å². The maximum atomic E-state index is 13.4. The monoisotopic (exact) mass is 465 g/mol. The Labute approximate surface area is 189 Å². The lowest BCUT2D eigenvalue weighted by molar-refractivity contribution is -0.140. The Bertz CT molecular complexity index is 1040. The van der Waals surface area contributed by atoms with Crippen LogP contribution >= 0.6 is 11.6 Å². The summed E-state index contributed by atoms with van der Waals surface area (Å²) in [6, 6.07) is 13.1. The zero-order chi connectivity index (χ0) is 23.2. The number of anilines is 1. The van der Waals surface area contributed by atoms with Crippen LogP contribution in [-0.4, -0.2) is 51.0 Å². The highest BCUT2D eigenvalue weighted by Gasteiger charge is 2.31. The average molecular weight is 466 g/mol. The van der Waals surface area contributed by atoms with Crippen molar-refractivity contribution in [2.24, 2.45) is 0 Å². The van der Waals surface area contributed by atoms with E-state index in [9.17, 15) is 18.0 Å².